The topological polar surface area (TPSA) is 114 Å². The smallest absolute Gasteiger partial charge is 0.271 e. The fourth-order valence-corrected chi connectivity index (χ4v) is 4.77. The number of anilines is 3. The van der Waals surface area contributed by atoms with Crippen molar-refractivity contribution < 1.29 is 4.79 Å². The van der Waals surface area contributed by atoms with Crippen LogP contribution in [0.4, 0.5) is 17.2 Å². The molecule has 4 rings (SSSR count). The molecule has 0 spiro atoms. The van der Waals surface area contributed by atoms with E-state index in [1.165, 1.54) is 23.0 Å². The number of nitrogen functional groups attached to an aromatic ring is 1. The van der Waals surface area contributed by atoms with Gasteiger partial charge in [-0.15, -0.1) is 0 Å². The number of nitrogens with one attached hydrogen (secondary N) is 2. The van der Waals surface area contributed by atoms with Gasteiger partial charge in [-0.25, -0.2) is 4.98 Å². The van der Waals surface area contributed by atoms with Crippen molar-refractivity contribution >= 4 is 23.1 Å². The first kappa shape index (κ1) is 27.4. The number of benzene rings is 2. The summed E-state index contributed by atoms with van der Waals surface area (Å²) in [5.41, 5.74) is 20.9. The molecule has 1 aliphatic heterocycles. The molecule has 0 saturated carbocycles. The Bertz CT molecular complexity index is 1500. The van der Waals surface area contributed by atoms with Gasteiger partial charge in [-0.1, -0.05) is 50.8 Å². The van der Waals surface area contributed by atoms with Crippen molar-refractivity contribution in [2.24, 2.45) is 11.1 Å². The normalized spacial score (nSPS) is 15.5. The van der Waals surface area contributed by atoms with Crippen molar-refractivity contribution in [3.8, 4) is 5.69 Å². The van der Waals surface area contributed by atoms with Crippen LogP contribution in [0.5, 0.6) is 0 Å². The van der Waals surface area contributed by atoms with Gasteiger partial charge < -0.3 is 27.0 Å². The highest BCUT2D eigenvalue weighted by Crippen LogP contribution is 2.38. The maximum atomic E-state index is 11.5. The van der Waals surface area contributed by atoms with Gasteiger partial charge in [-0.05, 0) is 79.8 Å². The molecule has 0 fully saturated rings. The van der Waals surface area contributed by atoms with Gasteiger partial charge in [0.25, 0.3) is 5.91 Å². The van der Waals surface area contributed by atoms with Crippen LogP contribution in [0.1, 0.15) is 50.7 Å². The van der Waals surface area contributed by atoms with E-state index in [2.05, 4.69) is 105 Å². The van der Waals surface area contributed by atoms with E-state index in [9.17, 15) is 4.79 Å². The summed E-state index contributed by atoms with van der Waals surface area (Å²) < 4.78 is 1.61. The average molecular weight is 524 g/mol. The number of hydrogen-bond acceptors (Lipinski definition) is 6. The van der Waals surface area contributed by atoms with E-state index in [0.29, 0.717) is 5.82 Å². The maximum Gasteiger partial charge on any atom is 0.271 e. The molecule has 0 bridgehead atoms. The summed E-state index contributed by atoms with van der Waals surface area (Å²) >= 11 is 0. The molecule has 1 amide bonds. The van der Waals surface area contributed by atoms with Gasteiger partial charge in [0.2, 0.25) is 0 Å². The number of rotatable bonds is 7. The van der Waals surface area contributed by atoms with E-state index in [0.717, 1.165) is 22.9 Å². The molecule has 6 N–H and O–H groups in total. The highest BCUT2D eigenvalue weighted by molar-refractivity contribution is 5.95. The number of nitrogens with zero attached hydrogens (tertiary/aromatic N) is 3. The average Bonchev–Trinajstić information content (AvgIpc) is 3.27. The molecule has 1 unspecified atom stereocenters. The first-order chi connectivity index (χ1) is 18.4. The van der Waals surface area contributed by atoms with Gasteiger partial charge in [0.05, 0.1) is 6.04 Å². The molecule has 2 aromatic carbocycles. The Morgan fingerprint density at radius 1 is 1.03 bits per heavy atom. The minimum Gasteiger partial charge on any atom is -0.383 e. The van der Waals surface area contributed by atoms with Crippen molar-refractivity contribution in [2.45, 2.75) is 47.6 Å². The van der Waals surface area contributed by atoms with Crippen LogP contribution in [0.15, 0.2) is 96.0 Å². The molecule has 39 heavy (non-hydrogen) atoms. The highest BCUT2D eigenvalue weighted by atomic mass is 16.1. The third-order valence-corrected chi connectivity index (χ3v) is 6.98. The quantitative estimate of drug-likeness (QED) is 0.300. The Hall–Kier alpha value is -4.68. The van der Waals surface area contributed by atoms with Crippen LogP contribution in [0, 0.1) is 12.3 Å². The summed E-state index contributed by atoms with van der Waals surface area (Å²) in [6, 6.07) is 16.2. The number of amides is 1. The summed E-state index contributed by atoms with van der Waals surface area (Å²) in [6.07, 6.45) is 3.70. The lowest BCUT2D eigenvalue weighted by molar-refractivity contribution is 0.0997. The summed E-state index contributed by atoms with van der Waals surface area (Å²) in [4.78, 5) is 17.8. The predicted molar refractivity (Wildman–Crippen MR) is 159 cm³/mol. The monoisotopic (exact) mass is 523 g/mol. The molecule has 202 valence electrons. The van der Waals surface area contributed by atoms with E-state index in [1.54, 1.807) is 4.57 Å². The molecule has 2 heterocycles. The number of carbonyl (C=O) groups is 1. The third-order valence-electron chi connectivity index (χ3n) is 6.98. The minimum atomic E-state index is -0.665. The van der Waals surface area contributed by atoms with Gasteiger partial charge in [0.15, 0.2) is 11.5 Å². The Morgan fingerprint density at radius 2 is 1.64 bits per heavy atom. The van der Waals surface area contributed by atoms with Crippen LogP contribution in [-0.4, -0.2) is 21.5 Å². The second-order valence-corrected chi connectivity index (χ2v) is 10.8. The number of carbonyl (C=O) groups excluding carboxylic acids is 1. The Morgan fingerprint density at radius 3 is 2.18 bits per heavy atom. The fourth-order valence-electron chi connectivity index (χ4n) is 4.77. The molecule has 0 radical (unpaired) electrons. The molecule has 0 aliphatic carbocycles. The van der Waals surface area contributed by atoms with E-state index in [4.69, 9.17) is 11.5 Å². The van der Waals surface area contributed by atoms with Gasteiger partial charge in [-0.2, -0.15) is 0 Å². The molecule has 1 atom stereocenters. The van der Waals surface area contributed by atoms with E-state index >= 15 is 0 Å². The number of nitrogens with two attached hydrogens (primary N) is 2. The second-order valence-electron chi connectivity index (χ2n) is 10.8. The largest absolute Gasteiger partial charge is 0.383 e. The minimum absolute atomic E-state index is 0.0184. The van der Waals surface area contributed by atoms with Gasteiger partial charge in [0, 0.05) is 17.1 Å². The lowest BCUT2D eigenvalue weighted by atomic mass is 9.80. The number of aromatic nitrogens is 2. The fraction of sp³-hybridized carbons (Fsp3) is 0.258. The zero-order chi connectivity index (χ0) is 28.5. The van der Waals surface area contributed by atoms with Crippen molar-refractivity contribution in [2.75, 3.05) is 16.0 Å². The molecular weight excluding hydrogens is 486 g/mol. The number of hydrogen-bond donors (Lipinski definition) is 4. The van der Waals surface area contributed by atoms with Crippen LogP contribution >= 0.6 is 0 Å². The molecule has 3 aromatic rings. The van der Waals surface area contributed by atoms with Crippen LogP contribution in [0.25, 0.3) is 5.69 Å². The SMILES string of the molecule is C=C=C(NC1=CC(C(C)(C)C)=C(C)C(C)N1c1ccc(C)cc1)Nc1ccc(-n2cnc(C(N)=O)c2N)cc1. The van der Waals surface area contributed by atoms with E-state index in [1.807, 2.05) is 24.3 Å². The number of aryl methyl sites for hydroxylation is 1. The van der Waals surface area contributed by atoms with Crippen molar-refractivity contribution in [1.82, 2.24) is 14.9 Å². The van der Waals surface area contributed by atoms with Gasteiger partial charge >= 0.3 is 0 Å². The molecule has 0 saturated heterocycles. The number of imidazole rings is 1. The molecule has 1 aromatic heterocycles. The van der Waals surface area contributed by atoms with Crippen LogP contribution < -0.4 is 27.0 Å². The zero-order valence-electron chi connectivity index (χ0n) is 23.5. The van der Waals surface area contributed by atoms with Crippen molar-refractivity contribution in [1.29, 1.82) is 0 Å². The second kappa shape index (κ2) is 10.6. The molecule has 8 nitrogen and oxygen atoms in total. The Labute approximate surface area is 230 Å². The third kappa shape index (κ3) is 5.61. The van der Waals surface area contributed by atoms with Crippen LogP contribution in [0.2, 0.25) is 0 Å². The standard InChI is InChI=1S/C31H37N7O/c1-8-26(35-22-11-15-23(16-12-22)37-18-34-28(29(37)32)30(33)39)36-27-17-25(31(5,6)7)20(3)21(4)38(27)24-13-9-19(2)10-14-24/h9-18,21,35-36H,1,32H2,2-7H3,(H2,33,39). The lowest BCUT2D eigenvalue weighted by Gasteiger charge is -2.41. The zero-order valence-corrected chi connectivity index (χ0v) is 23.5. The first-order valence-corrected chi connectivity index (χ1v) is 12.9. The molecular formula is C31H37N7O. The van der Waals surface area contributed by atoms with Crippen molar-refractivity contribution in [3.05, 3.63) is 107 Å². The highest BCUT2D eigenvalue weighted by Gasteiger charge is 2.31. The predicted octanol–water partition coefficient (Wildman–Crippen LogP) is 5.60. The summed E-state index contributed by atoms with van der Waals surface area (Å²) in [5, 5.41) is 6.91. The van der Waals surface area contributed by atoms with Gasteiger partial charge in [0.1, 0.15) is 18.0 Å². The first-order valence-electron chi connectivity index (χ1n) is 12.9. The lowest BCUT2D eigenvalue weighted by Crippen LogP contribution is -2.43. The number of allylic oxidation sites excluding steroid dienone is 2. The van der Waals surface area contributed by atoms with E-state index in [-0.39, 0.29) is 23.0 Å². The van der Waals surface area contributed by atoms with Crippen LogP contribution in [0.3, 0.4) is 0 Å². The molecule has 1 aliphatic rings. The maximum absolute atomic E-state index is 11.5. The Kier molecular flexibility index (Phi) is 7.43. The van der Waals surface area contributed by atoms with Crippen LogP contribution in [-0.2, 0) is 0 Å². The Balaban J connectivity index is 1.62. The van der Waals surface area contributed by atoms with E-state index < -0.39 is 5.91 Å². The van der Waals surface area contributed by atoms with Crippen molar-refractivity contribution in [3.63, 3.8) is 0 Å². The summed E-state index contributed by atoms with van der Waals surface area (Å²) in [5.74, 6) is 1.08. The molecule has 8 heteroatoms. The van der Waals surface area contributed by atoms with Gasteiger partial charge in [-0.3, -0.25) is 9.36 Å². The summed E-state index contributed by atoms with van der Waals surface area (Å²) in [6.45, 7) is 17.1. The summed E-state index contributed by atoms with van der Waals surface area (Å²) in [7, 11) is 0. The number of primary amides is 1.